The van der Waals surface area contributed by atoms with E-state index in [0.29, 0.717) is 25.6 Å². The van der Waals surface area contributed by atoms with Crippen molar-refractivity contribution in [1.82, 2.24) is 20.1 Å². The van der Waals surface area contributed by atoms with Crippen LogP contribution in [0.25, 0.3) is 10.9 Å². The lowest BCUT2D eigenvalue weighted by Crippen LogP contribution is -2.22. The maximum Gasteiger partial charge on any atom is 0.232 e. The molecule has 3 rings (SSSR count). The van der Waals surface area contributed by atoms with Crippen LogP contribution in [0.1, 0.15) is 18.2 Å². The molecule has 3 aromatic rings. The number of benzene rings is 1. The van der Waals surface area contributed by atoms with Crippen LogP contribution >= 0.6 is 0 Å². The predicted octanol–water partition coefficient (Wildman–Crippen LogP) is 2.35. The Kier molecular flexibility index (Phi) is 5.46. The van der Waals surface area contributed by atoms with Gasteiger partial charge in [-0.3, -0.25) is 9.48 Å². The fourth-order valence-corrected chi connectivity index (χ4v) is 2.91. The van der Waals surface area contributed by atoms with Crippen LogP contribution in [0, 0.1) is 6.92 Å². The second kappa shape index (κ2) is 7.95. The minimum absolute atomic E-state index is 0.0144. The molecule has 138 valence electrons. The zero-order valence-corrected chi connectivity index (χ0v) is 15.3. The summed E-state index contributed by atoms with van der Waals surface area (Å²) in [5, 5.41) is 8.12. The average Bonchev–Trinajstić information content (AvgIpc) is 3.14. The Bertz CT molecular complexity index is 897. The zero-order chi connectivity index (χ0) is 18.5. The van der Waals surface area contributed by atoms with Crippen molar-refractivity contribution in [3.8, 4) is 11.6 Å². The Labute approximate surface area is 152 Å². The van der Waals surface area contributed by atoms with Gasteiger partial charge in [0.2, 0.25) is 11.8 Å². The number of ether oxygens (including phenoxy) is 2. The summed E-state index contributed by atoms with van der Waals surface area (Å²) in [7, 11) is 1.85. The first kappa shape index (κ1) is 17.8. The highest BCUT2D eigenvalue weighted by molar-refractivity contribution is 5.86. The van der Waals surface area contributed by atoms with E-state index in [1.54, 1.807) is 4.68 Å². The Hall–Kier alpha value is -2.96. The van der Waals surface area contributed by atoms with E-state index in [9.17, 15) is 4.79 Å². The SMILES string of the molecule is CC(=O)NCCc1c(C)[nH]c2ccc(OCCOc3ccn(C)n3)cc12. The molecule has 1 amide bonds. The Morgan fingerprint density at radius 2 is 2.08 bits per heavy atom. The number of nitrogens with one attached hydrogen (secondary N) is 2. The van der Waals surface area contributed by atoms with E-state index in [1.165, 1.54) is 12.5 Å². The number of nitrogens with zero attached hydrogens (tertiary/aromatic N) is 2. The molecule has 7 nitrogen and oxygen atoms in total. The number of hydrogen-bond acceptors (Lipinski definition) is 4. The number of H-pyrrole nitrogens is 1. The third-order valence-corrected chi connectivity index (χ3v) is 4.13. The lowest BCUT2D eigenvalue weighted by atomic mass is 10.1. The van der Waals surface area contributed by atoms with E-state index in [4.69, 9.17) is 9.47 Å². The topological polar surface area (TPSA) is 81.2 Å². The van der Waals surface area contributed by atoms with E-state index >= 15 is 0 Å². The largest absolute Gasteiger partial charge is 0.490 e. The first-order chi connectivity index (χ1) is 12.5. The summed E-state index contributed by atoms with van der Waals surface area (Å²) in [5.74, 6) is 1.37. The monoisotopic (exact) mass is 356 g/mol. The molecule has 0 aliphatic carbocycles. The van der Waals surface area contributed by atoms with Gasteiger partial charge in [-0.1, -0.05) is 0 Å². The van der Waals surface area contributed by atoms with Crippen molar-refractivity contribution in [2.24, 2.45) is 7.05 Å². The summed E-state index contributed by atoms with van der Waals surface area (Å²) in [6, 6.07) is 7.80. The van der Waals surface area contributed by atoms with Crippen molar-refractivity contribution in [2.75, 3.05) is 19.8 Å². The first-order valence-corrected chi connectivity index (χ1v) is 8.64. The smallest absolute Gasteiger partial charge is 0.232 e. The van der Waals surface area contributed by atoms with Gasteiger partial charge < -0.3 is 19.8 Å². The lowest BCUT2D eigenvalue weighted by molar-refractivity contribution is -0.118. The van der Waals surface area contributed by atoms with Crippen molar-refractivity contribution in [1.29, 1.82) is 0 Å². The zero-order valence-electron chi connectivity index (χ0n) is 15.3. The van der Waals surface area contributed by atoms with Crippen LogP contribution in [-0.2, 0) is 18.3 Å². The van der Waals surface area contributed by atoms with Gasteiger partial charge in [-0.2, -0.15) is 0 Å². The van der Waals surface area contributed by atoms with Crippen LogP contribution in [0.2, 0.25) is 0 Å². The highest BCUT2D eigenvalue weighted by atomic mass is 16.5. The third kappa shape index (κ3) is 4.36. The van der Waals surface area contributed by atoms with Crippen molar-refractivity contribution in [2.45, 2.75) is 20.3 Å². The van der Waals surface area contributed by atoms with Crippen molar-refractivity contribution < 1.29 is 14.3 Å². The number of amides is 1. The Morgan fingerprint density at radius 1 is 1.27 bits per heavy atom. The van der Waals surface area contributed by atoms with Gasteiger partial charge in [0.25, 0.3) is 0 Å². The summed E-state index contributed by atoms with van der Waals surface area (Å²) in [5.41, 5.74) is 3.38. The quantitative estimate of drug-likeness (QED) is 0.607. The fourth-order valence-electron chi connectivity index (χ4n) is 2.91. The van der Waals surface area contributed by atoms with Gasteiger partial charge in [0.1, 0.15) is 19.0 Å². The van der Waals surface area contributed by atoms with E-state index in [2.05, 4.69) is 15.4 Å². The summed E-state index contributed by atoms with van der Waals surface area (Å²) in [4.78, 5) is 14.4. The van der Waals surface area contributed by atoms with Crippen LogP contribution in [0.15, 0.2) is 30.5 Å². The van der Waals surface area contributed by atoms with Gasteiger partial charge in [-0.15, -0.1) is 5.10 Å². The van der Waals surface area contributed by atoms with Gasteiger partial charge in [-0.05, 0) is 37.1 Å². The number of aryl methyl sites for hydroxylation is 2. The number of rotatable bonds is 8. The average molecular weight is 356 g/mol. The molecule has 7 heteroatoms. The van der Waals surface area contributed by atoms with Crippen molar-refractivity contribution in [3.63, 3.8) is 0 Å². The molecule has 0 saturated heterocycles. The van der Waals surface area contributed by atoms with E-state index in [1.807, 2.05) is 44.4 Å². The van der Waals surface area contributed by atoms with Crippen LogP contribution in [0.5, 0.6) is 11.6 Å². The van der Waals surface area contributed by atoms with E-state index in [-0.39, 0.29) is 5.91 Å². The van der Waals surface area contributed by atoms with Gasteiger partial charge in [-0.25, -0.2) is 0 Å². The number of hydrogen-bond donors (Lipinski definition) is 2. The lowest BCUT2D eigenvalue weighted by Gasteiger charge is -2.08. The molecule has 0 radical (unpaired) electrons. The second-order valence-corrected chi connectivity index (χ2v) is 6.19. The number of fused-ring (bicyclic) bond motifs is 1. The van der Waals surface area contributed by atoms with Gasteiger partial charge in [0, 0.05) is 49.4 Å². The molecule has 26 heavy (non-hydrogen) atoms. The van der Waals surface area contributed by atoms with Crippen LogP contribution < -0.4 is 14.8 Å². The molecule has 2 N–H and O–H groups in total. The highest BCUT2D eigenvalue weighted by Gasteiger charge is 2.10. The summed E-state index contributed by atoms with van der Waals surface area (Å²) in [6.07, 6.45) is 2.61. The summed E-state index contributed by atoms with van der Waals surface area (Å²) >= 11 is 0. The predicted molar refractivity (Wildman–Crippen MR) is 99.6 cm³/mol. The number of carbonyl (C=O) groups excluding carboxylic acids is 1. The van der Waals surface area contributed by atoms with Gasteiger partial charge >= 0.3 is 0 Å². The van der Waals surface area contributed by atoms with E-state index < -0.39 is 0 Å². The molecule has 1 aromatic carbocycles. The number of carbonyl (C=O) groups is 1. The molecule has 0 bridgehead atoms. The minimum atomic E-state index is -0.0144. The second-order valence-electron chi connectivity index (χ2n) is 6.19. The standard InChI is InChI=1S/C19H24N4O3/c1-13-16(6-8-20-14(2)24)17-12-15(4-5-18(17)21-13)25-10-11-26-19-7-9-23(3)22-19/h4-5,7,9,12,21H,6,8,10-11H2,1-3H3,(H,20,24). The normalized spacial score (nSPS) is 10.9. The molecule has 0 spiro atoms. The van der Waals surface area contributed by atoms with Crippen molar-refractivity contribution >= 4 is 16.8 Å². The fraction of sp³-hybridized carbons (Fsp3) is 0.368. The Morgan fingerprint density at radius 3 is 2.81 bits per heavy atom. The third-order valence-electron chi connectivity index (χ3n) is 4.13. The Balaban J connectivity index is 1.60. The first-order valence-electron chi connectivity index (χ1n) is 8.64. The summed E-state index contributed by atoms with van der Waals surface area (Å²) < 4.78 is 13.0. The molecule has 2 aromatic heterocycles. The molecule has 0 aliphatic heterocycles. The van der Waals surface area contributed by atoms with E-state index in [0.717, 1.165) is 28.8 Å². The summed E-state index contributed by atoms with van der Waals surface area (Å²) in [6.45, 7) is 5.06. The molecule has 0 fully saturated rings. The molecule has 0 unspecified atom stereocenters. The minimum Gasteiger partial charge on any atom is -0.490 e. The number of aromatic nitrogens is 3. The molecule has 0 atom stereocenters. The molecule has 2 heterocycles. The van der Waals surface area contributed by atoms with Crippen molar-refractivity contribution in [3.05, 3.63) is 41.7 Å². The maximum absolute atomic E-state index is 11.1. The highest BCUT2D eigenvalue weighted by Crippen LogP contribution is 2.26. The molecular formula is C19H24N4O3. The molecule has 0 saturated carbocycles. The maximum atomic E-state index is 11.1. The van der Waals surface area contributed by atoms with Crippen LogP contribution in [0.4, 0.5) is 0 Å². The van der Waals surface area contributed by atoms with Gasteiger partial charge in [0.05, 0.1) is 0 Å². The molecular weight excluding hydrogens is 332 g/mol. The number of aromatic amines is 1. The molecule has 0 aliphatic rings. The van der Waals surface area contributed by atoms with Crippen LogP contribution in [0.3, 0.4) is 0 Å². The van der Waals surface area contributed by atoms with Crippen LogP contribution in [-0.4, -0.2) is 40.4 Å². The van der Waals surface area contributed by atoms with Gasteiger partial charge in [0.15, 0.2) is 0 Å².